The van der Waals surface area contributed by atoms with Crippen LogP contribution in [0.4, 0.5) is 9.18 Å². The molecule has 1 aromatic rings. The van der Waals surface area contributed by atoms with Crippen LogP contribution in [-0.2, 0) is 0 Å². The number of halogens is 2. The third-order valence-corrected chi connectivity index (χ3v) is 4.27. The van der Waals surface area contributed by atoms with E-state index < -0.39 is 11.8 Å². The summed E-state index contributed by atoms with van der Waals surface area (Å²) in [7, 11) is 0. The molecule has 1 aliphatic heterocycles. The van der Waals surface area contributed by atoms with Crippen molar-refractivity contribution in [2.24, 2.45) is 16.6 Å². The maximum Gasteiger partial charge on any atom is 0.323 e. The van der Waals surface area contributed by atoms with Crippen LogP contribution in [0.25, 0.3) is 0 Å². The van der Waals surface area contributed by atoms with Crippen LogP contribution in [0.3, 0.4) is 0 Å². The average Bonchev–Trinajstić information content (AvgIpc) is 2.53. The van der Waals surface area contributed by atoms with E-state index in [9.17, 15) is 14.0 Å². The number of thiocarbonyl (C=S) groups is 1. The molecule has 134 valence electrons. The summed E-state index contributed by atoms with van der Waals surface area (Å²) in [6.45, 7) is 2.29. The van der Waals surface area contributed by atoms with Crippen LogP contribution in [0.1, 0.15) is 30.1 Å². The number of carbonyl (C=O) groups is 2. The standard InChI is InChI=1S/C16H18ClFN4O2S/c1-9(19)20-15(25)21-16(24)22-6-4-10(5-7-22)14(23)12-3-2-11(17)8-13(12)18/h2-3,8,10H,4-7H2,1H3,(H3,19,20,21,24,25). The molecule has 1 fully saturated rings. The number of Topliss-reactive ketones (excluding diaryl/α,β-unsaturated/α-hetero) is 1. The van der Waals surface area contributed by atoms with Crippen molar-refractivity contribution in [1.82, 2.24) is 10.2 Å². The van der Waals surface area contributed by atoms with Crippen LogP contribution in [0, 0.1) is 11.7 Å². The monoisotopic (exact) mass is 384 g/mol. The second-order valence-electron chi connectivity index (χ2n) is 5.74. The van der Waals surface area contributed by atoms with Crippen LogP contribution in [0.15, 0.2) is 23.2 Å². The molecule has 2 rings (SSSR count). The molecule has 0 saturated carbocycles. The Hall–Kier alpha value is -2.06. The zero-order chi connectivity index (χ0) is 18.6. The molecule has 0 atom stereocenters. The number of nitrogens with two attached hydrogens (primary N) is 1. The van der Waals surface area contributed by atoms with Gasteiger partial charge in [-0.3, -0.25) is 10.1 Å². The van der Waals surface area contributed by atoms with Gasteiger partial charge in [-0.2, -0.15) is 0 Å². The third kappa shape index (κ3) is 5.20. The molecule has 6 nitrogen and oxygen atoms in total. The Morgan fingerprint density at radius 1 is 1.40 bits per heavy atom. The average molecular weight is 385 g/mol. The van der Waals surface area contributed by atoms with E-state index in [2.05, 4.69) is 10.3 Å². The van der Waals surface area contributed by atoms with Crippen LogP contribution < -0.4 is 11.1 Å². The highest BCUT2D eigenvalue weighted by molar-refractivity contribution is 7.80. The lowest BCUT2D eigenvalue weighted by Crippen LogP contribution is -2.46. The Labute approximate surface area is 155 Å². The van der Waals surface area contributed by atoms with Crippen molar-refractivity contribution in [2.75, 3.05) is 13.1 Å². The molecule has 0 unspecified atom stereocenters. The zero-order valence-electron chi connectivity index (χ0n) is 13.6. The zero-order valence-corrected chi connectivity index (χ0v) is 15.2. The van der Waals surface area contributed by atoms with E-state index in [0.717, 1.165) is 6.07 Å². The molecule has 0 bridgehead atoms. The number of rotatable bonds is 2. The predicted molar refractivity (Wildman–Crippen MR) is 98.5 cm³/mol. The van der Waals surface area contributed by atoms with Gasteiger partial charge in [0.2, 0.25) is 5.11 Å². The van der Waals surface area contributed by atoms with Gasteiger partial charge in [0, 0.05) is 24.0 Å². The molecule has 2 amide bonds. The number of ketones is 1. The van der Waals surface area contributed by atoms with Crippen molar-refractivity contribution in [3.05, 3.63) is 34.6 Å². The Kier molecular flexibility index (Phi) is 6.44. The second-order valence-corrected chi connectivity index (χ2v) is 6.56. The first-order valence-corrected chi connectivity index (χ1v) is 8.46. The first kappa shape index (κ1) is 19.3. The lowest BCUT2D eigenvalue weighted by molar-refractivity contribution is 0.0852. The highest BCUT2D eigenvalue weighted by atomic mass is 35.5. The Morgan fingerprint density at radius 2 is 2.04 bits per heavy atom. The van der Waals surface area contributed by atoms with Crippen LogP contribution in [-0.4, -0.2) is 40.8 Å². The van der Waals surface area contributed by atoms with Crippen LogP contribution >= 0.6 is 23.8 Å². The first-order valence-electron chi connectivity index (χ1n) is 7.68. The Balaban J connectivity index is 1.92. The van der Waals surface area contributed by atoms with Crippen molar-refractivity contribution >= 4 is 46.6 Å². The molecule has 0 radical (unpaired) electrons. The van der Waals surface area contributed by atoms with Gasteiger partial charge in [0.15, 0.2) is 5.78 Å². The fourth-order valence-corrected chi connectivity index (χ4v) is 3.00. The third-order valence-electron chi connectivity index (χ3n) is 3.84. The fourth-order valence-electron chi connectivity index (χ4n) is 2.61. The molecule has 9 heteroatoms. The minimum Gasteiger partial charge on any atom is -0.387 e. The summed E-state index contributed by atoms with van der Waals surface area (Å²) in [5.41, 5.74) is 5.43. The van der Waals surface area contributed by atoms with E-state index in [4.69, 9.17) is 29.6 Å². The lowest BCUT2D eigenvalue weighted by Gasteiger charge is -2.31. The van der Waals surface area contributed by atoms with E-state index in [1.54, 1.807) is 6.92 Å². The van der Waals surface area contributed by atoms with Gasteiger partial charge >= 0.3 is 6.03 Å². The Morgan fingerprint density at radius 3 is 2.60 bits per heavy atom. The minimum absolute atomic E-state index is 0.00793. The van der Waals surface area contributed by atoms with Gasteiger partial charge in [0.25, 0.3) is 0 Å². The maximum absolute atomic E-state index is 13.9. The summed E-state index contributed by atoms with van der Waals surface area (Å²) in [4.78, 5) is 29.8. The topological polar surface area (TPSA) is 87.8 Å². The van der Waals surface area contributed by atoms with Gasteiger partial charge < -0.3 is 10.6 Å². The summed E-state index contributed by atoms with van der Waals surface area (Å²) in [6.07, 6.45) is 0.889. The van der Waals surface area contributed by atoms with Crippen LogP contribution in [0.2, 0.25) is 5.02 Å². The number of nitrogens with zero attached hydrogens (tertiary/aromatic N) is 2. The number of urea groups is 1. The number of aliphatic imine (C=N–C) groups is 1. The second kappa shape index (κ2) is 8.35. The first-order chi connectivity index (χ1) is 11.8. The summed E-state index contributed by atoms with van der Waals surface area (Å²) in [5.74, 6) is -0.985. The molecule has 1 saturated heterocycles. The largest absolute Gasteiger partial charge is 0.387 e. The number of hydrogen-bond donors (Lipinski definition) is 2. The highest BCUT2D eigenvalue weighted by Gasteiger charge is 2.29. The summed E-state index contributed by atoms with van der Waals surface area (Å²) in [6, 6.07) is 3.61. The number of likely N-dealkylation sites (tertiary alicyclic amines) is 1. The fraction of sp³-hybridized carbons (Fsp3) is 0.375. The predicted octanol–water partition coefficient (Wildman–Crippen LogP) is 2.75. The molecule has 0 spiro atoms. The molecular formula is C16H18ClFN4O2S. The summed E-state index contributed by atoms with van der Waals surface area (Å²) in [5, 5.41) is 2.70. The SMILES string of the molecule is C/C(N)=N/C(=S)NC(=O)N1CCC(C(=O)c2ccc(Cl)cc2F)CC1. The number of hydrogen-bond acceptors (Lipinski definition) is 3. The van der Waals surface area contributed by atoms with Gasteiger partial charge in [0.1, 0.15) is 5.82 Å². The normalized spacial score (nSPS) is 15.8. The molecular weight excluding hydrogens is 367 g/mol. The van der Waals surface area contributed by atoms with Crippen molar-refractivity contribution in [3.63, 3.8) is 0 Å². The molecule has 1 aromatic carbocycles. The Bertz CT molecular complexity index is 729. The number of carbonyl (C=O) groups excluding carboxylic acids is 2. The van der Waals surface area contributed by atoms with Crippen molar-refractivity contribution in [2.45, 2.75) is 19.8 Å². The van der Waals surface area contributed by atoms with E-state index in [-0.39, 0.29) is 33.2 Å². The molecule has 3 N–H and O–H groups in total. The van der Waals surface area contributed by atoms with Crippen LogP contribution in [0.5, 0.6) is 0 Å². The van der Waals surface area contributed by atoms with Gasteiger partial charge in [-0.1, -0.05) is 11.6 Å². The number of amidine groups is 1. The van der Waals surface area contributed by atoms with E-state index in [0.29, 0.717) is 25.9 Å². The van der Waals surface area contributed by atoms with Crippen molar-refractivity contribution in [3.8, 4) is 0 Å². The van der Waals surface area contributed by atoms with E-state index in [1.165, 1.54) is 17.0 Å². The highest BCUT2D eigenvalue weighted by Crippen LogP contribution is 2.24. The molecule has 0 aliphatic carbocycles. The number of amides is 2. The molecule has 1 aliphatic rings. The maximum atomic E-state index is 13.9. The van der Waals surface area contributed by atoms with Gasteiger partial charge in [-0.15, -0.1) is 0 Å². The van der Waals surface area contributed by atoms with Gasteiger partial charge in [0.05, 0.1) is 11.4 Å². The number of piperidine rings is 1. The molecule has 0 aromatic heterocycles. The van der Waals surface area contributed by atoms with Crippen molar-refractivity contribution < 1.29 is 14.0 Å². The quantitative estimate of drug-likeness (QED) is 0.355. The van der Waals surface area contributed by atoms with E-state index >= 15 is 0 Å². The summed E-state index contributed by atoms with van der Waals surface area (Å²) < 4.78 is 13.9. The smallest absolute Gasteiger partial charge is 0.323 e. The minimum atomic E-state index is -0.627. The van der Waals surface area contributed by atoms with Crippen molar-refractivity contribution in [1.29, 1.82) is 0 Å². The van der Waals surface area contributed by atoms with Gasteiger partial charge in [-0.05, 0) is 50.2 Å². The van der Waals surface area contributed by atoms with E-state index in [1.807, 2.05) is 0 Å². The number of nitrogens with one attached hydrogen (secondary N) is 1. The molecule has 25 heavy (non-hydrogen) atoms. The lowest BCUT2D eigenvalue weighted by atomic mass is 9.89. The molecule has 1 heterocycles. The summed E-state index contributed by atoms with van der Waals surface area (Å²) >= 11 is 10.6. The number of benzene rings is 1. The van der Waals surface area contributed by atoms with Gasteiger partial charge in [-0.25, -0.2) is 14.2 Å².